The summed E-state index contributed by atoms with van der Waals surface area (Å²) in [6.45, 7) is 0. The fourth-order valence-electron chi connectivity index (χ4n) is 7.62. The largest absolute Gasteiger partial charge is 0.455 e. The van der Waals surface area contributed by atoms with Gasteiger partial charge in [-0.1, -0.05) is 152 Å². The van der Waals surface area contributed by atoms with E-state index in [1.807, 2.05) is 121 Å². The van der Waals surface area contributed by atoms with E-state index in [9.17, 15) is 2.74 Å². The second-order valence-electron chi connectivity index (χ2n) is 13.5. The summed E-state index contributed by atoms with van der Waals surface area (Å²) in [5.41, 5.74) is 8.09. The molecule has 0 aliphatic carbocycles. The topological polar surface area (TPSA) is 56.7 Å². The van der Waals surface area contributed by atoms with Gasteiger partial charge in [0, 0.05) is 49.4 Å². The summed E-state index contributed by atoms with van der Waals surface area (Å²) in [4.78, 5) is 15.2. The lowest BCUT2D eigenvalue weighted by molar-refractivity contribution is 0.670. The number of rotatable bonds is 6. The van der Waals surface area contributed by atoms with Gasteiger partial charge >= 0.3 is 0 Å². The van der Waals surface area contributed by atoms with Gasteiger partial charge in [0.2, 0.25) is 0 Å². The Hall–Kier alpha value is -7.63. The van der Waals surface area contributed by atoms with Crippen molar-refractivity contribution in [3.8, 4) is 62.1 Å². The molecule has 0 fully saturated rings. The minimum absolute atomic E-state index is 0.0492. The van der Waals surface area contributed by atoms with Crippen molar-refractivity contribution in [3.05, 3.63) is 194 Å². The maximum atomic E-state index is 9.22. The zero-order valence-corrected chi connectivity index (χ0v) is 29.7. The zero-order valence-electron chi connectivity index (χ0n) is 35.7. The highest BCUT2D eigenvalue weighted by molar-refractivity contribution is 6.12. The average Bonchev–Trinajstić information content (AvgIpc) is 3.88. The van der Waals surface area contributed by atoms with E-state index in [4.69, 9.17) is 24.9 Å². The zero-order chi connectivity index (χ0) is 42.2. The summed E-state index contributed by atoms with van der Waals surface area (Å²) >= 11 is 0. The molecule has 3 heterocycles. The molecule has 11 rings (SSSR count). The third-order valence-electron chi connectivity index (χ3n) is 10.2. The van der Waals surface area contributed by atoms with E-state index in [1.54, 1.807) is 4.57 Å². The molecule has 0 saturated heterocycles. The van der Waals surface area contributed by atoms with E-state index in [-0.39, 0.29) is 58.1 Å². The molecule has 0 unspecified atom stereocenters. The molecule has 262 valence electrons. The van der Waals surface area contributed by atoms with Gasteiger partial charge in [-0.2, -0.15) is 0 Å². The maximum Gasteiger partial charge on any atom is 0.164 e. The van der Waals surface area contributed by atoms with Crippen LogP contribution in [0.1, 0.15) is 8.22 Å². The van der Waals surface area contributed by atoms with Gasteiger partial charge in [-0.3, -0.25) is 0 Å². The summed E-state index contributed by atoms with van der Waals surface area (Å²) in [5, 5.41) is 2.19. The van der Waals surface area contributed by atoms with Crippen molar-refractivity contribution in [1.82, 2.24) is 19.5 Å². The SMILES string of the molecule is [2H]c1cc([2H])c2c(c1[2H])c1c([2H])c([2H])cc([2H])c1n2-c1ccc(-c2nc(-c3ccccc3)nc(-c3cccc(-c4ccccc4)c3)n2)cc1-c1cccc2c1oc1ccccc12. The lowest BCUT2D eigenvalue weighted by Crippen LogP contribution is -2.02. The number of hydrogen-bond acceptors (Lipinski definition) is 4. The molecular weight excluding hydrogens is 685 g/mol. The van der Waals surface area contributed by atoms with Gasteiger partial charge < -0.3 is 8.98 Å². The highest BCUT2D eigenvalue weighted by Gasteiger charge is 2.21. The molecule has 0 radical (unpaired) electrons. The Balaban J connectivity index is 1.22. The van der Waals surface area contributed by atoms with Crippen molar-refractivity contribution >= 4 is 43.7 Å². The fourth-order valence-corrected chi connectivity index (χ4v) is 7.62. The molecule has 0 N–H and O–H groups in total. The van der Waals surface area contributed by atoms with Crippen LogP contribution in [0.2, 0.25) is 0 Å². The van der Waals surface area contributed by atoms with Crippen LogP contribution in [0.15, 0.2) is 198 Å². The molecular formula is C51H32N4O. The number of fused-ring (bicyclic) bond motifs is 6. The first kappa shape index (κ1) is 26.2. The van der Waals surface area contributed by atoms with Crippen molar-refractivity contribution in [3.63, 3.8) is 0 Å². The van der Waals surface area contributed by atoms with Crippen LogP contribution in [0.5, 0.6) is 0 Å². The van der Waals surface area contributed by atoms with Crippen LogP contribution in [-0.2, 0) is 0 Å². The van der Waals surface area contributed by atoms with Gasteiger partial charge in [0.1, 0.15) is 11.2 Å². The summed E-state index contributed by atoms with van der Waals surface area (Å²) in [5.74, 6) is 1.39. The van der Waals surface area contributed by atoms with Gasteiger partial charge in [-0.25, -0.2) is 15.0 Å². The van der Waals surface area contributed by atoms with Crippen molar-refractivity contribution < 1.29 is 12.6 Å². The molecule has 5 heteroatoms. The quantitative estimate of drug-likeness (QED) is 0.171. The molecule has 0 bridgehead atoms. The monoisotopic (exact) mass is 722 g/mol. The normalized spacial score (nSPS) is 13.1. The maximum absolute atomic E-state index is 9.22. The van der Waals surface area contributed by atoms with E-state index < -0.39 is 0 Å². The second-order valence-corrected chi connectivity index (χ2v) is 13.5. The molecule has 0 atom stereocenters. The van der Waals surface area contributed by atoms with Crippen LogP contribution in [0.4, 0.5) is 0 Å². The third-order valence-corrected chi connectivity index (χ3v) is 10.2. The van der Waals surface area contributed by atoms with Gasteiger partial charge in [0.15, 0.2) is 17.5 Å². The number of benzene rings is 8. The van der Waals surface area contributed by atoms with Crippen LogP contribution >= 0.6 is 0 Å². The Labute approximate surface area is 331 Å². The van der Waals surface area contributed by atoms with E-state index in [2.05, 4.69) is 24.3 Å². The predicted octanol–water partition coefficient (Wildman–Crippen LogP) is 13.2. The first-order valence-corrected chi connectivity index (χ1v) is 18.3. The average molecular weight is 723 g/mol. The van der Waals surface area contributed by atoms with Crippen molar-refractivity contribution in [1.29, 1.82) is 0 Å². The van der Waals surface area contributed by atoms with Crippen LogP contribution in [0.25, 0.3) is 106 Å². The molecule has 0 aliphatic heterocycles. The summed E-state index contributed by atoms with van der Waals surface area (Å²) < 4.78 is 62.0. The van der Waals surface area contributed by atoms with Crippen molar-refractivity contribution in [2.45, 2.75) is 0 Å². The standard InChI is InChI=1S/C51H32N4O/c1-3-15-33(16-4-1)35-19-13-20-36(31-35)50-52-49(34-17-5-2-6-18-34)53-51(54-50)37-29-30-46(55-44-26-10-7-21-38(44)39-22-8-11-27-45(39)55)43(32-37)42-25-14-24-41-40-23-9-12-28-47(40)56-48(41)42/h1-32H/i7D,8D,21D,22D,26D,27D. The highest BCUT2D eigenvalue weighted by Crippen LogP contribution is 2.42. The minimum atomic E-state index is -0.182. The molecule has 0 amide bonds. The lowest BCUT2D eigenvalue weighted by Gasteiger charge is -2.16. The summed E-state index contributed by atoms with van der Waals surface area (Å²) in [6.07, 6.45) is 0. The Morgan fingerprint density at radius 3 is 1.71 bits per heavy atom. The number of aromatic nitrogens is 4. The van der Waals surface area contributed by atoms with Crippen LogP contribution < -0.4 is 0 Å². The number of nitrogens with zero attached hydrogens (tertiary/aromatic N) is 4. The van der Waals surface area contributed by atoms with E-state index in [0.717, 1.165) is 33.0 Å². The van der Waals surface area contributed by atoms with Crippen molar-refractivity contribution in [2.24, 2.45) is 0 Å². The first-order valence-electron chi connectivity index (χ1n) is 21.3. The molecule has 3 aromatic heterocycles. The Bertz CT molecular complexity index is 3530. The van der Waals surface area contributed by atoms with E-state index in [0.29, 0.717) is 51.0 Å². The number of hydrogen-bond donors (Lipinski definition) is 0. The predicted molar refractivity (Wildman–Crippen MR) is 229 cm³/mol. The van der Waals surface area contributed by atoms with Crippen molar-refractivity contribution in [2.75, 3.05) is 0 Å². The number of furan rings is 1. The Kier molecular flexibility index (Phi) is 6.10. The highest BCUT2D eigenvalue weighted by atomic mass is 16.3. The summed E-state index contributed by atoms with van der Waals surface area (Å²) in [7, 11) is 0. The van der Waals surface area contributed by atoms with Gasteiger partial charge in [-0.15, -0.1) is 0 Å². The van der Waals surface area contributed by atoms with Gasteiger partial charge in [-0.05, 0) is 53.5 Å². The van der Waals surface area contributed by atoms with Gasteiger partial charge in [0.05, 0.1) is 24.9 Å². The van der Waals surface area contributed by atoms with Gasteiger partial charge in [0.25, 0.3) is 0 Å². The van der Waals surface area contributed by atoms with Crippen LogP contribution in [-0.4, -0.2) is 19.5 Å². The van der Waals surface area contributed by atoms with E-state index in [1.165, 1.54) is 12.1 Å². The molecule has 56 heavy (non-hydrogen) atoms. The Morgan fingerprint density at radius 2 is 0.982 bits per heavy atom. The molecule has 8 aromatic carbocycles. The lowest BCUT2D eigenvalue weighted by atomic mass is 9.97. The second kappa shape index (κ2) is 13.0. The molecule has 11 aromatic rings. The molecule has 0 saturated carbocycles. The van der Waals surface area contributed by atoms with Crippen LogP contribution in [0.3, 0.4) is 0 Å². The molecule has 0 spiro atoms. The number of para-hydroxylation sites is 4. The van der Waals surface area contributed by atoms with E-state index >= 15 is 0 Å². The third kappa shape index (κ3) is 5.29. The minimum Gasteiger partial charge on any atom is -0.455 e. The molecule has 0 aliphatic rings. The smallest absolute Gasteiger partial charge is 0.164 e. The first-order chi connectivity index (χ1) is 30.2. The van der Waals surface area contributed by atoms with Crippen LogP contribution in [0, 0.1) is 0 Å². The Morgan fingerprint density at radius 1 is 0.411 bits per heavy atom. The fraction of sp³-hybridized carbons (Fsp3) is 0. The summed E-state index contributed by atoms with van der Waals surface area (Å²) in [6, 6.07) is 49.3. The molecule has 5 nitrogen and oxygen atoms in total.